The van der Waals surface area contributed by atoms with Crippen LogP contribution >= 0.6 is 11.8 Å². The fourth-order valence-corrected chi connectivity index (χ4v) is 3.37. The Bertz CT molecular complexity index is 952. The Morgan fingerprint density at radius 2 is 2.11 bits per heavy atom. The summed E-state index contributed by atoms with van der Waals surface area (Å²) in [6.45, 7) is 2.37. The Labute approximate surface area is 166 Å². The van der Waals surface area contributed by atoms with Crippen LogP contribution in [0.25, 0.3) is 11.6 Å². The van der Waals surface area contributed by atoms with Crippen molar-refractivity contribution in [2.24, 2.45) is 5.73 Å². The third-order valence-corrected chi connectivity index (χ3v) is 4.96. The summed E-state index contributed by atoms with van der Waals surface area (Å²) in [5.74, 6) is 0.601. The number of nitrogens with zero attached hydrogens (tertiary/aromatic N) is 3. The summed E-state index contributed by atoms with van der Waals surface area (Å²) in [6, 6.07) is 11.2. The number of hydrogen-bond donors (Lipinski definition) is 2. The number of furan rings is 1. The minimum atomic E-state index is -0.427. The first-order valence-corrected chi connectivity index (χ1v) is 9.82. The lowest BCUT2D eigenvalue weighted by molar-refractivity contribution is -0.118. The van der Waals surface area contributed by atoms with Crippen LogP contribution in [0.4, 0.5) is 5.69 Å². The average Bonchev–Trinajstić information content (AvgIpc) is 3.34. The highest BCUT2D eigenvalue weighted by Gasteiger charge is 2.18. The van der Waals surface area contributed by atoms with Gasteiger partial charge in [0.15, 0.2) is 16.7 Å². The summed E-state index contributed by atoms with van der Waals surface area (Å²) in [7, 11) is 0. The maximum absolute atomic E-state index is 12.3. The molecule has 0 saturated carbocycles. The van der Waals surface area contributed by atoms with Gasteiger partial charge >= 0.3 is 0 Å². The van der Waals surface area contributed by atoms with Crippen molar-refractivity contribution in [1.29, 1.82) is 0 Å². The van der Waals surface area contributed by atoms with Gasteiger partial charge in [-0.15, -0.1) is 10.2 Å². The van der Waals surface area contributed by atoms with Crippen molar-refractivity contribution in [1.82, 2.24) is 14.8 Å². The van der Waals surface area contributed by atoms with Gasteiger partial charge in [-0.05, 0) is 36.2 Å². The van der Waals surface area contributed by atoms with E-state index in [-0.39, 0.29) is 18.1 Å². The zero-order valence-electron chi connectivity index (χ0n) is 15.4. The number of aryl methyl sites for hydroxylation is 1. The smallest absolute Gasteiger partial charge is 0.234 e. The molecule has 2 amide bonds. The van der Waals surface area contributed by atoms with Crippen LogP contribution in [0.3, 0.4) is 0 Å². The number of hydrogen-bond acceptors (Lipinski definition) is 6. The fraction of sp³-hybridized carbons (Fsp3) is 0.263. The molecule has 2 heterocycles. The van der Waals surface area contributed by atoms with E-state index >= 15 is 0 Å². The third kappa shape index (κ3) is 5.01. The van der Waals surface area contributed by atoms with E-state index in [2.05, 4.69) is 22.4 Å². The highest BCUT2D eigenvalue weighted by molar-refractivity contribution is 7.99. The summed E-state index contributed by atoms with van der Waals surface area (Å²) >= 11 is 1.24. The molecule has 28 heavy (non-hydrogen) atoms. The van der Waals surface area contributed by atoms with Gasteiger partial charge in [0.2, 0.25) is 11.8 Å². The molecule has 0 spiro atoms. The Balaban J connectivity index is 1.69. The van der Waals surface area contributed by atoms with E-state index in [9.17, 15) is 9.59 Å². The van der Waals surface area contributed by atoms with Crippen LogP contribution in [0.2, 0.25) is 0 Å². The van der Waals surface area contributed by atoms with Crippen molar-refractivity contribution in [2.45, 2.75) is 31.5 Å². The number of aromatic nitrogens is 3. The molecular weight excluding hydrogens is 378 g/mol. The van der Waals surface area contributed by atoms with E-state index in [1.54, 1.807) is 16.7 Å². The summed E-state index contributed by atoms with van der Waals surface area (Å²) in [5, 5.41) is 11.7. The molecule has 3 rings (SSSR count). The molecule has 0 saturated heterocycles. The first-order valence-electron chi connectivity index (χ1n) is 8.83. The monoisotopic (exact) mass is 399 g/mol. The Morgan fingerprint density at radius 3 is 2.82 bits per heavy atom. The molecule has 2 aromatic heterocycles. The Morgan fingerprint density at radius 1 is 1.25 bits per heavy atom. The number of rotatable bonds is 9. The normalized spacial score (nSPS) is 10.8. The summed E-state index contributed by atoms with van der Waals surface area (Å²) in [6.07, 6.45) is 2.57. The lowest BCUT2D eigenvalue weighted by Gasteiger charge is -2.09. The molecule has 9 heteroatoms. The molecule has 3 N–H and O–H groups in total. The van der Waals surface area contributed by atoms with Crippen LogP contribution in [0.1, 0.15) is 18.9 Å². The molecular formula is C19H21N5O3S. The minimum absolute atomic E-state index is 0.134. The van der Waals surface area contributed by atoms with Gasteiger partial charge in [-0.1, -0.05) is 30.8 Å². The zero-order chi connectivity index (χ0) is 19.9. The van der Waals surface area contributed by atoms with Crippen LogP contribution < -0.4 is 11.1 Å². The predicted molar refractivity (Wildman–Crippen MR) is 107 cm³/mol. The molecule has 3 aromatic rings. The van der Waals surface area contributed by atoms with Gasteiger partial charge < -0.3 is 15.5 Å². The summed E-state index contributed by atoms with van der Waals surface area (Å²) in [4.78, 5) is 23.5. The number of thioether (sulfide) groups is 1. The minimum Gasteiger partial charge on any atom is -0.461 e. The first kappa shape index (κ1) is 19.7. The van der Waals surface area contributed by atoms with E-state index < -0.39 is 5.91 Å². The molecule has 0 aliphatic rings. The number of anilines is 1. The highest BCUT2D eigenvalue weighted by atomic mass is 32.2. The van der Waals surface area contributed by atoms with Crippen molar-refractivity contribution in [3.8, 4) is 11.6 Å². The number of nitrogens with two attached hydrogens (primary N) is 1. The second-order valence-electron chi connectivity index (χ2n) is 6.04. The molecule has 0 fully saturated rings. The Hall–Kier alpha value is -3.07. The standard InChI is InChI=1S/C19H21N5O3S/c1-2-13-5-3-6-14(11-13)21-17(26)12-28-19-23-22-18(15-7-4-10-27-15)24(19)9-8-16(20)25/h3-7,10-11H,2,8-9,12H2,1H3,(H2,20,25)(H,21,26). The van der Waals surface area contributed by atoms with Crippen molar-refractivity contribution < 1.29 is 14.0 Å². The quantitative estimate of drug-likeness (QED) is 0.535. The van der Waals surface area contributed by atoms with Gasteiger partial charge in [0, 0.05) is 18.7 Å². The summed E-state index contributed by atoms with van der Waals surface area (Å²) in [5.41, 5.74) is 7.19. The summed E-state index contributed by atoms with van der Waals surface area (Å²) < 4.78 is 7.11. The van der Waals surface area contributed by atoms with Crippen LogP contribution in [0, 0.1) is 0 Å². The number of nitrogens with one attached hydrogen (secondary N) is 1. The zero-order valence-corrected chi connectivity index (χ0v) is 16.2. The number of carbonyl (C=O) groups excluding carboxylic acids is 2. The van der Waals surface area contributed by atoms with Crippen molar-refractivity contribution in [3.63, 3.8) is 0 Å². The van der Waals surface area contributed by atoms with Gasteiger partial charge in [0.25, 0.3) is 0 Å². The van der Waals surface area contributed by atoms with E-state index in [1.807, 2.05) is 24.3 Å². The van der Waals surface area contributed by atoms with Crippen LogP contribution in [-0.2, 0) is 22.6 Å². The first-order chi connectivity index (χ1) is 13.6. The lowest BCUT2D eigenvalue weighted by atomic mass is 10.1. The van der Waals surface area contributed by atoms with Crippen molar-refractivity contribution in [3.05, 3.63) is 48.2 Å². The number of amides is 2. The molecule has 0 radical (unpaired) electrons. The molecule has 0 bridgehead atoms. The van der Waals surface area contributed by atoms with Crippen molar-refractivity contribution >= 4 is 29.3 Å². The second-order valence-corrected chi connectivity index (χ2v) is 6.98. The van der Waals surface area contributed by atoms with E-state index in [0.29, 0.717) is 23.3 Å². The lowest BCUT2D eigenvalue weighted by Crippen LogP contribution is -2.16. The maximum Gasteiger partial charge on any atom is 0.234 e. The van der Waals surface area contributed by atoms with Crippen LogP contribution in [0.15, 0.2) is 52.2 Å². The maximum atomic E-state index is 12.3. The average molecular weight is 399 g/mol. The number of carbonyl (C=O) groups is 2. The Kier molecular flexibility index (Phi) is 6.49. The van der Waals surface area contributed by atoms with Gasteiger partial charge in [-0.3, -0.25) is 14.2 Å². The number of benzene rings is 1. The van der Waals surface area contributed by atoms with E-state index in [0.717, 1.165) is 17.7 Å². The van der Waals surface area contributed by atoms with Crippen molar-refractivity contribution in [2.75, 3.05) is 11.1 Å². The molecule has 0 aliphatic carbocycles. The second kappa shape index (κ2) is 9.23. The van der Waals surface area contributed by atoms with Gasteiger partial charge in [0.1, 0.15) is 0 Å². The van der Waals surface area contributed by atoms with E-state index in [1.165, 1.54) is 18.0 Å². The topological polar surface area (TPSA) is 116 Å². The highest BCUT2D eigenvalue weighted by Crippen LogP contribution is 2.25. The van der Waals surface area contributed by atoms with Crippen LogP contribution in [-0.4, -0.2) is 32.3 Å². The molecule has 146 valence electrons. The predicted octanol–water partition coefficient (Wildman–Crippen LogP) is 2.71. The molecule has 8 nitrogen and oxygen atoms in total. The molecule has 0 unspecified atom stereocenters. The third-order valence-electron chi connectivity index (χ3n) is 3.99. The molecule has 0 aliphatic heterocycles. The largest absolute Gasteiger partial charge is 0.461 e. The number of primary amides is 1. The van der Waals surface area contributed by atoms with Crippen LogP contribution in [0.5, 0.6) is 0 Å². The van der Waals surface area contributed by atoms with Gasteiger partial charge in [-0.2, -0.15) is 0 Å². The fourth-order valence-electron chi connectivity index (χ4n) is 2.60. The molecule has 1 aromatic carbocycles. The van der Waals surface area contributed by atoms with Gasteiger partial charge in [-0.25, -0.2) is 0 Å². The van der Waals surface area contributed by atoms with E-state index in [4.69, 9.17) is 10.2 Å². The molecule has 0 atom stereocenters. The SMILES string of the molecule is CCc1cccc(NC(=O)CSc2nnc(-c3ccco3)n2CCC(N)=O)c1. The van der Waals surface area contributed by atoms with Gasteiger partial charge in [0.05, 0.1) is 12.0 Å².